The summed E-state index contributed by atoms with van der Waals surface area (Å²) in [5.41, 5.74) is 2.98. The van der Waals surface area contributed by atoms with Gasteiger partial charge in [0.1, 0.15) is 0 Å². The fraction of sp³-hybridized carbons (Fsp3) is 0.500. The minimum atomic E-state index is -0.366. The molecule has 0 aromatic heterocycles. The number of carbonyl (C=O) groups excluding carboxylic acids is 1. The van der Waals surface area contributed by atoms with Gasteiger partial charge in [-0.2, -0.15) is 0 Å². The van der Waals surface area contributed by atoms with Gasteiger partial charge in [0.25, 0.3) is 5.91 Å². The van der Waals surface area contributed by atoms with Crippen molar-refractivity contribution in [3.05, 3.63) is 34.9 Å². The van der Waals surface area contributed by atoms with Gasteiger partial charge >= 0.3 is 0 Å². The molecule has 104 valence electrons. The zero-order valence-electron chi connectivity index (χ0n) is 11.1. The van der Waals surface area contributed by atoms with Crippen LogP contribution in [0.1, 0.15) is 21.5 Å². The molecule has 5 nitrogen and oxygen atoms in total. The number of rotatable bonds is 5. The van der Waals surface area contributed by atoms with Gasteiger partial charge in [0.15, 0.2) is 0 Å². The van der Waals surface area contributed by atoms with Gasteiger partial charge in [-0.3, -0.25) is 4.79 Å². The van der Waals surface area contributed by atoms with Gasteiger partial charge in [0.2, 0.25) is 0 Å². The second-order valence-corrected chi connectivity index (χ2v) is 4.68. The number of nitrogens with one attached hydrogen (secondary N) is 2. The fourth-order valence-corrected chi connectivity index (χ4v) is 2.35. The number of carbonyl (C=O) groups is 1. The minimum absolute atomic E-state index is 0.129. The van der Waals surface area contributed by atoms with Gasteiger partial charge in [-0.25, -0.2) is 0 Å². The van der Waals surface area contributed by atoms with Crippen LogP contribution < -0.4 is 10.6 Å². The number of aliphatic hydroxyl groups is 1. The summed E-state index contributed by atoms with van der Waals surface area (Å²) < 4.78 is 4.96. The molecule has 1 aliphatic rings. The number of hydrogen-bond donors (Lipinski definition) is 3. The molecule has 5 heteroatoms. The van der Waals surface area contributed by atoms with Crippen LogP contribution in [0.15, 0.2) is 18.2 Å². The molecule has 0 radical (unpaired) electrons. The lowest BCUT2D eigenvalue weighted by Crippen LogP contribution is -2.41. The number of benzene rings is 1. The molecular weight excluding hydrogens is 244 g/mol. The van der Waals surface area contributed by atoms with Gasteiger partial charge in [-0.15, -0.1) is 0 Å². The van der Waals surface area contributed by atoms with Crippen molar-refractivity contribution in [1.29, 1.82) is 0 Å². The van der Waals surface area contributed by atoms with Crippen LogP contribution in [-0.2, 0) is 17.7 Å². The average molecular weight is 264 g/mol. The van der Waals surface area contributed by atoms with Crippen LogP contribution in [0.4, 0.5) is 0 Å². The summed E-state index contributed by atoms with van der Waals surface area (Å²) >= 11 is 0. The monoisotopic (exact) mass is 264 g/mol. The highest BCUT2D eigenvalue weighted by Gasteiger charge is 2.19. The zero-order valence-corrected chi connectivity index (χ0v) is 11.1. The Bertz CT molecular complexity index is 448. The summed E-state index contributed by atoms with van der Waals surface area (Å²) in [5.74, 6) is -0.144. The number of aliphatic hydroxyl groups excluding tert-OH is 1. The molecule has 1 aromatic carbocycles. The Balaban J connectivity index is 2.15. The van der Waals surface area contributed by atoms with E-state index in [4.69, 9.17) is 4.74 Å². The van der Waals surface area contributed by atoms with Crippen LogP contribution in [0.3, 0.4) is 0 Å². The fourth-order valence-electron chi connectivity index (χ4n) is 2.35. The van der Waals surface area contributed by atoms with Crippen molar-refractivity contribution in [1.82, 2.24) is 10.6 Å². The largest absolute Gasteiger partial charge is 0.394 e. The lowest BCUT2D eigenvalue weighted by atomic mass is 9.95. The summed E-state index contributed by atoms with van der Waals surface area (Å²) in [5, 5.41) is 15.3. The number of hydrogen-bond acceptors (Lipinski definition) is 4. The lowest BCUT2D eigenvalue weighted by molar-refractivity contribution is 0.0838. The third kappa shape index (κ3) is 3.32. The van der Waals surface area contributed by atoms with Crippen LogP contribution in [0.2, 0.25) is 0 Å². The molecule has 2 rings (SSSR count). The Labute approximate surface area is 113 Å². The van der Waals surface area contributed by atoms with E-state index in [9.17, 15) is 9.90 Å². The molecule has 1 aliphatic heterocycles. The molecule has 3 N–H and O–H groups in total. The van der Waals surface area contributed by atoms with E-state index in [1.807, 2.05) is 18.2 Å². The van der Waals surface area contributed by atoms with E-state index in [0.29, 0.717) is 12.2 Å². The van der Waals surface area contributed by atoms with Crippen LogP contribution in [-0.4, -0.2) is 43.9 Å². The van der Waals surface area contributed by atoms with E-state index < -0.39 is 0 Å². The van der Waals surface area contributed by atoms with E-state index in [-0.39, 0.29) is 18.6 Å². The summed E-state index contributed by atoms with van der Waals surface area (Å²) in [4.78, 5) is 12.3. The van der Waals surface area contributed by atoms with E-state index in [0.717, 1.165) is 25.1 Å². The van der Waals surface area contributed by atoms with Gasteiger partial charge in [0.05, 0.1) is 19.3 Å². The third-order valence-corrected chi connectivity index (χ3v) is 3.31. The third-order valence-electron chi connectivity index (χ3n) is 3.31. The summed E-state index contributed by atoms with van der Waals surface area (Å²) in [6.45, 7) is 1.87. The molecular formula is C14H20N2O3. The maximum absolute atomic E-state index is 12.3. The first-order valence-electron chi connectivity index (χ1n) is 6.48. The number of ether oxygens (including phenoxy) is 1. The topological polar surface area (TPSA) is 70.6 Å². The quantitative estimate of drug-likeness (QED) is 0.704. The summed E-state index contributed by atoms with van der Waals surface area (Å²) in [6, 6.07) is 5.40. The van der Waals surface area contributed by atoms with E-state index >= 15 is 0 Å². The van der Waals surface area contributed by atoms with Gasteiger partial charge in [-0.05, 0) is 30.2 Å². The first-order chi connectivity index (χ1) is 9.26. The summed E-state index contributed by atoms with van der Waals surface area (Å²) in [7, 11) is 1.55. The van der Waals surface area contributed by atoms with Crippen LogP contribution in [0, 0.1) is 0 Å². The Morgan fingerprint density at radius 2 is 2.42 bits per heavy atom. The van der Waals surface area contributed by atoms with Crippen molar-refractivity contribution in [2.75, 3.05) is 26.9 Å². The molecule has 0 spiro atoms. The highest BCUT2D eigenvalue weighted by Crippen LogP contribution is 2.18. The standard InChI is InChI=1S/C14H20N2O3/c1-19-9-11(8-17)16-14(18)13-4-2-3-10-7-15-6-5-12(10)13/h2-4,11,15,17H,5-9H2,1H3,(H,16,18). The van der Waals surface area contributed by atoms with Crippen molar-refractivity contribution >= 4 is 5.91 Å². The second kappa shape index (κ2) is 6.65. The first-order valence-corrected chi connectivity index (χ1v) is 6.48. The van der Waals surface area contributed by atoms with Gasteiger partial charge < -0.3 is 20.5 Å². The summed E-state index contributed by atoms with van der Waals surface area (Å²) in [6.07, 6.45) is 0.854. The Morgan fingerprint density at radius 1 is 1.58 bits per heavy atom. The van der Waals surface area contributed by atoms with E-state index in [2.05, 4.69) is 10.6 Å². The molecule has 0 saturated heterocycles. The highest BCUT2D eigenvalue weighted by molar-refractivity contribution is 5.96. The molecule has 1 atom stereocenters. The highest BCUT2D eigenvalue weighted by atomic mass is 16.5. The number of fused-ring (bicyclic) bond motifs is 1. The Morgan fingerprint density at radius 3 is 3.16 bits per heavy atom. The minimum Gasteiger partial charge on any atom is -0.394 e. The predicted molar refractivity (Wildman–Crippen MR) is 72.1 cm³/mol. The van der Waals surface area contributed by atoms with E-state index in [1.165, 1.54) is 5.56 Å². The second-order valence-electron chi connectivity index (χ2n) is 4.68. The Hall–Kier alpha value is -1.43. The molecule has 0 saturated carbocycles. The average Bonchev–Trinajstić information content (AvgIpc) is 2.46. The maximum Gasteiger partial charge on any atom is 0.251 e. The molecule has 0 bridgehead atoms. The van der Waals surface area contributed by atoms with Crippen molar-refractivity contribution in [2.24, 2.45) is 0 Å². The van der Waals surface area contributed by atoms with Gasteiger partial charge in [0, 0.05) is 19.2 Å². The predicted octanol–water partition coefficient (Wildman–Crippen LogP) is 0.0694. The number of amides is 1. The molecule has 0 aliphatic carbocycles. The Kier molecular flexibility index (Phi) is 4.90. The van der Waals surface area contributed by atoms with E-state index in [1.54, 1.807) is 7.11 Å². The van der Waals surface area contributed by atoms with Crippen molar-refractivity contribution < 1.29 is 14.6 Å². The van der Waals surface area contributed by atoms with Crippen LogP contribution in [0.5, 0.6) is 0 Å². The van der Waals surface area contributed by atoms with Crippen LogP contribution >= 0.6 is 0 Å². The van der Waals surface area contributed by atoms with Crippen molar-refractivity contribution in [3.8, 4) is 0 Å². The number of methoxy groups -OCH3 is 1. The molecule has 1 amide bonds. The van der Waals surface area contributed by atoms with Crippen molar-refractivity contribution in [2.45, 2.75) is 19.0 Å². The smallest absolute Gasteiger partial charge is 0.251 e. The maximum atomic E-state index is 12.3. The van der Waals surface area contributed by atoms with Gasteiger partial charge in [-0.1, -0.05) is 12.1 Å². The first kappa shape index (κ1) is 14.0. The molecule has 1 aromatic rings. The molecule has 19 heavy (non-hydrogen) atoms. The SMILES string of the molecule is COCC(CO)NC(=O)c1cccc2c1CCNC2. The van der Waals surface area contributed by atoms with Crippen LogP contribution in [0.25, 0.3) is 0 Å². The zero-order chi connectivity index (χ0) is 13.7. The normalized spacial score (nSPS) is 15.7. The molecule has 1 unspecified atom stereocenters. The lowest BCUT2D eigenvalue weighted by Gasteiger charge is -2.21. The molecule has 0 fully saturated rings. The van der Waals surface area contributed by atoms with Crippen molar-refractivity contribution in [3.63, 3.8) is 0 Å². The molecule has 1 heterocycles.